The minimum Gasteiger partial charge on any atom is -0.495 e. The lowest BCUT2D eigenvalue weighted by Crippen LogP contribution is -2.18. The first-order valence-electron chi connectivity index (χ1n) is 7.60. The van der Waals surface area contributed by atoms with Gasteiger partial charge in [0.2, 0.25) is 0 Å². The normalized spacial score (nSPS) is 13.2. The molecular weight excluding hydrogens is 348 g/mol. The predicted molar refractivity (Wildman–Crippen MR) is 95.4 cm³/mol. The Hall–Kier alpha value is -2.05. The van der Waals surface area contributed by atoms with Crippen LogP contribution in [0.15, 0.2) is 18.2 Å². The number of hydrogen-bond donors (Lipinski definition) is 2. The summed E-state index contributed by atoms with van der Waals surface area (Å²) in [7, 11) is 1.51. The molecule has 0 fully saturated rings. The quantitative estimate of drug-likeness (QED) is 0.868. The van der Waals surface area contributed by atoms with Crippen LogP contribution in [-0.2, 0) is 12.8 Å². The summed E-state index contributed by atoms with van der Waals surface area (Å²) in [6, 6.07) is 4.79. The number of hydrogen-bond acceptors (Lipinski definition) is 4. The number of nitrogens with two attached hydrogens (primary N) is 1. The zero-order valence-electron chi connectivity index (χ0n) is 13.1. The van der Waals surface area contributed by atoms with Crippen molar-refractivity contribution < 1.29 is 14.3 Å². The number of primary amides is 1. The molecule has 7 heteroatoms. The van der Waals surface area contributed by atoms with Gasteiger partial charge in [0.25, 0.3) is 11.8 Å². The molecule has 0 radical (unpaired) electrons. The van der Waals surface area contributed by atoms with Crippen molar-refractivity contribution in [1.82, 2.24) is 0 Å². The number of fused-ring (bicyclic) bond motifs is 1. The first-order chi connectivity index (χ1) is 11.5. The largest absolute Gasteiger partial charge is 0.495 e. The van der Waals surface area contributed by atoms with Crippen molar-refractivity contribution in [1.29, 1.82) is 0 Å². The van der Waals surface area contributed by atoms with E-state index >= 15 is 0 Å². The van der Waals surface area contributed by atoms with Gasteiger partial charge in [-0.15, -0.1) is 11.3 Å². The highest BCUT2D eigenvalue weighted by molar-refractivity contribution is 7.17. The third-order valence-electron chi connectivity index (χ3n) is 4.06. The number of carbonyl (C=O) groups excluding carboxylic acids is 2. The van der Waals surface area contributed by atoms with Gasteiger partial charge < -0.3 is 15.8 Å². The molecule has 3 rings (SSSR count). The van der Waals surface area contributed by atoms with Crippen LogP contribution in [-0.4, -0.2) is 18.9 Å². The van der Waals surface area contributed by atoms with E-state index in [-0.39, 0.29) is 5.91 Å². The molecule has 2 amide bonds. The maximum Gasteiger partial charge on any atom is 0.256 e. The number of rotatable bonds is 4. The van der Waals surface area contributed by atoms with Gasteiger partial charge in [-0.2, -0.15) is 0 Å². The first kappa shape index (κ1) is 16.8. The zero-order chi connectivity index (χ0) is 17.3. The summed E-state index contributed by atoms with van der Waals surface area (Å²) in [6.45, 7) is 0. The molecule has 1 heterocycles. The Bertz CT molecular complexity index is 816. The number of thiophene rings is 1. The van der Waals surface area contributed by atoms with E-state index in [0.29, 0.717) is 26.9 Å². The summed E-state index contributed by atoms with van der Waals surface area (Å²) in [5.74, 6) is -0.337. The Balaban J connectivity index is 1.90. The number of halogens is 1. The number of methoxy groups -OCH3 is 1. The summed E-state index contributed by atoms with van der Waals surface area (Å²) < 4.78 is 5.08. The van der Waals surface area contributed by atoms with Gasteiger partial charge in [-0.3, -0.25) is 9.59 Å². The third kappa shape index (κ3) is 3.12. The van der Waals surface area contributed by atoms with E-state index in [4.69, 9.17) is 22.1 Å². The highest BCUT2D eigenvalue weighted by Gasteiger charge is 2.25. The number of amides is 2. The van der Waals surface area contributed by atoms with Crippen LogP contribution >= 0.6 is 22.9 Å². The maximum atomic E-state index is 12.5. The molecule has 126 valence electrons. The van der Waals surface area contributed by atoms with Gasteiger partial charge in [0, 0.05) is 10.4 Å². The van der Waals surface area contributed by atoms with Crippen LogP contribution in [0.5, 0.6) is 5.75 Å². The van der Waals surface area contributed by atoms with Crippen LogP contribution in [0.1, 0.15) is 44.0 Å². The molecule has 0 atom stereocenters. The van der Waals surface area contributed by atoms with Gasteiger partial charge in [0.1, 0.15) is 10.8 Å². The van der Waals surface area contributed by atoms with Crippen molar-refractivity contribution in [2.24, 2.45) is 5.73 Å². The van der Waals surface area contributed by atoms with Gasteiger partial charge in [0.05, 0.1) is 17.7 Å². The van der Waals surface area contributed by atoms with Gasteiger partial charge in [0.15, 0.2) is 0 Å². The zero-order valence-corrected chi connectivity index (χ0v) is 14.7. The number of anilines is 1. The van der Waals surface area contributed by atoms with Crippen LogP contribution in [0, 0.1) is 0 Å². The number of carbonyl (C=O) groups is 2. The molecule has 2 aromatic rings. The van der Waals surface area contributed by atoms with Gasteiger partial charge in [-0.05, 0) is 49.4 Å². The number of aryl methyl sites for hydroxylation is 1. The highest BCUT2D eigenvalue weighted by Crippen LogP contribution is 2.38. The van der Waals surface area contributed by atoms with Crippen molar-refractivity contribution in [3.8, 4) is 5.75 Å². The molecule has 3 N–H and O–H groups in total. The fourth-order valence-corrected chi connectivity index (χ4v) is 4.44. The van der Waals surface area contributed by atoms with Crippen molar-refractivity contribution in [3.63, 3.8) is 0 Å². The van der Waals surface area contributed by atoms with E-state index in [9.17, 15) is 9.59 Å². The number of nitrogens with one attached hydrogen (secondary N) is 1. The Labute approximate surface area is 148 Å². The smallest absolute Gasteiger partial charge is 0.256 e. The summed E-state index contributed by atoms with van der Waals surface area (Å²) in [6.07, 6.45) is 3.87. The number of benzene rings is 1. The molecule has 1 aromatic carbocycles. The van der Waals surface area contributed by atoms with Crippen molar-refractivity contribution in [2.45, 2.75) is 25.7 Å². The van der Waals surface area contributed by atoms with Gasteiger partial charge in [-0.1, -0.05) is 11.6 Å². The molecule has 0 saturated heterocycles. The predicted octanol–water partition coefficient (Wildman–Crippen LogP) is 3.64. The van der Waals surface area contributed by atoms with Crippen LogP contribution < -0.4 is 15.8 Å². The molecular formula is C17H17ClN2O3S. The summed E-state index contributed by atoms with van der Waals surface area (Å²) >= 11 is 7.50. The Morgan fingerprint density at radius 1 is 1.29 bits per heavy atom. The van der Waals surface area contributed by atoms with Crippen molar-refractivity contribution >= 4 is 39.8 Å². The molecule has 1 aromatic heterocycles. The molecule has 0 spiro atoms. The summed E-state index contributed by atoms with van der Waals surface area (Å²) in [5.41, 5.74) is 7.36. The molecule has 0 aliphatic heterocycles. The Kier molecular flexibility index (Phi) is 4.78. The fraction of sp³-hybridized carbons (Fsp3) is 0.294. The summed E-state index contributed by atoms with van der Waals surface area (Å²) in [5, 5.41) is 3.68. The maximum absolute atomic E-state index is 12.5. The van der Waals surface area contributed by atoms with Gasteiger partial charge in [-0.25, -0.2) is 0 Å². The van der Waals surface area contributed by atoms with Crippen molar-refractivity contribution in [2.75, 3.05) is 12.4 Å². The third-order valence-corrected chi connectivity index (χ3v) is 5.56. The lowest BCUT2D eigenvalue weighted by atomic mass is 9.95. The topological polar surface area (TPSA) is 81.4 Å². The van der Waals surface area contributed by atoms with E-state index in [2.05, 4.69) is 5.32 Å². The van der Waals surface area contributed by atoms with Crippen LogP contribution in [0.4, 0.5) is 5.00 Å². The lowest BCUT2D eigenvalue weighted by Gasteiger charge is -2.11. The molecule has 24 heavy (non-hydrogen) atoms. The van der Waals surface area contributed by atoms with Crippen LogP contribution in [0.25, 0.3) is 0 Å². The molecule has 0 saturated carbocycles. The average Bonchev–Trinajstić information content (AvgIpc) is 2.92. The number of ether oxygens (including phenoxy) is 1. The van der Waals surface area contributed by atoms with Gasteiger partial charge >= 0.3 is 0 Å². The lowest BCUT2D eigenvalue weighted by molar-refractivity contribution is 0.100. The van der Waals surface area contributed by atoms with E-state index in [1.54, 1.807) is 12.1 Å². The van der Waals surface area contributed by atoms with Crippen molar-refractivity contribution in [3.05, 3.63) is 44.8 Å². The molecule has 1 aliphatic carbocycles. The molecule has 0 bridgehead atoms. The Morgan fingerprint density at radius 3 is 2.71 bits per heavy atom. The summed E-state index contributed by atoms with van der Waals surface area (Å²) in [4.78, 5) is 25.5. The van der Waals surface area contributed by atoms with Crippen LogP contribution in [0.2, 0.25) is 5.02 Å². The molecule has 0 unspecified atom stereocenters. The minimum atomic E-state index is -0.502. The highest BCUT2D eigenvalue weighted by atomic mass is 35.5. The van der Waals surface area contributed by atoms with E-state index in [0.717, 1.165) is 36.1 Å². The standard InChI is InChI=1S/C17H17ClN2O3S/c1-23-12-7-6-9(8-11(12)18)16(22)20-17-14(15(19)21)10-4-2-3-5-13(10)24-17/h6-8H,2-5H2,1H3,(H2,19,21)(H,20,22). The Morgan fingerprint density at radius 2 is 2.04 bits per heavy atom. The monoisotopic (exact) mass is 364 g/mol. The second kappa shape index (κ2) is 6.83. The fourth-order valence-electron chi connectivity index (χ4n) is 2.90. The van der Waals surface area contributed by atoms with Crippen LogP contribution in [0.3, 0.4) is 0 Å². The second-order valence-corrected chi connectivity index (χ2v) is 7.10. The van der Waals surface area contributed by atoms with E-state index in [1.807, 2.05) is 0 Å². The first-order valence-corrected chi connectivity index (χ1v) is 8.80. The minimum absolute atomic E-state index is 0.333. The average molecular weight is 365 g/mol. The second-order valence-electron chi connectivity index (χ2n) is 5.58. The molecule has 1 aliphatic rings. The SMILES string of the molecule is COc1ccc(C(=O)Nc2sc3c(c2C(N)=O)CCCC3)cc1Cl. The molecule has 5 nitrogen and oxygen atoms in total. The van der Waals surface area contributed by atoms with E-state index < -0.39 is 5.91 Å². The van der Waals surface area contributed by atoms with E-state index in [1.165, 1.54) is 24.5 Å².